The van der Waals surface area contributed by atoms with E-state index in [0.717, 1.165) is 19.5 Å². The number of likely N-dealkylation sites (N-methyl/N-ethyl adjacent to an activating group) is 1. The van der Waals surface area contributed by atoms with E-state index in [1.54, 1.807) is 12.1 Å². The summed E-state index contributed by atoms with van der Waals surface area (Å²) in [5, 5.41) is 3.28. The third-order valence-electron chi connectivity index (χ3n) is 2.85. The average molecular weight is 208 g/mol. The van der Waals surface area contributed by atoms with Crippen LogP contribution in [0.15, 0.2) is 22.8 Å². The van der Waals surface area contributed by atoms with E-state index in [-0.39, 0.29) is 5.78 Å². The van der Waals surface area contributed by atoms with Crippen molar-refractivity contribution < 1.29 is 9.21 Å². The number of rotatable bonds is 4. The molecule has 2 heterocycles. The van der Waals surface area contributed by atoms with Crippen LogP contribution in [0.5, 0.6) is 0 Å². The smallest absolute Gasteiger partial charge is 0.211 e. The largest absolute Gasteiger partial charge is 0.461 e. The standard InChI is InChI=1S/C11H16N2O2/c1-13(9-4-5-12-7-9)8-10(14)11-3-2-6-15-11/h2-3,6,9,12H,4-5,7-8H2,1H3. The van der Waals surface area contributed by atoms with E-state index in [1.807, 2.05) is 7.05 Å². The van der Waals surface area contributed by atoms with Crippen molar-refractivity contribution in [2.75, 3.05) is 26.7 Å². The number of nitrogens with zero attached hydrogens (tertiary/aromatic N) is 1. The minimum absolute atomic E-state index is 0.0504. The maximum atomic E-state index is 11.7. The van der Waals surface area contributed by atoms with Crippen molar-refractivity contribution >= 4 is 5.78 Å². The first-order chi connectivity index (χ1) is 7.27. The zero-order valence-electron chi connectivity index (χ0n) is 8.90. The number of carbonyl (C=O) groups excluding carboxylic acids is 1. The van der Waals surface area contributed by atoms with E-state index < -0.39 is 0 Å². The highest BCUT2D eigenvalue weighted by Gasteiger charge is 2.21. The Balaban J connectivity index is 1.88. The fourth-order valence-electron chi connectivity index (χ4n) is 1.89. The molecule has 0 radical (unpaired) electrons. The summed E-state index contributed by atoms with van der Waals surface area (Å²) in [6.45, 7) is 2.45. The Morgan fingerprint density at radius 3 is 3.20 bits per heavy atom. The van der Waals surface area contributed by atoms with Gasteiger partial charge in [-0.3, -0.25) is 9.69 Å². The van der Waals surface area contributed by atoms with Gasteiger partial charge in [0.2, 0.25) is 5.78 Å². The summed E-state index contributed by atoms with van der Waals surface area (Å²) < 4.78 is 5.07. The molecule has 1 N–H and O–H groups in total. The van der Waals surface area contributed by atoms with Gasteiger partial charge in [-0.1, -0.05) is 0 Å². The second-order valence-corrected chi connectivity index (χ2v) is 3.96. The Kier molecular flexibility index (Phi) is 3.18. The van der Waals surface area contributed by atoms with Crippen LogP contribution in [0.1, 0.15) is 17.0 Å². The Morgan fingerprint density at radius 1 is 1.73 bits per heavy atom. The van der Waals surface area contributed by atoms with Crippen LogP contribution in [0.25, 0.3) is 0 Å². The minimum atomic E-state index is 0.0504. The second-order valence-electron chi connectivity index (χ2n) is 3.96. The van der Waals surface area contributed by atoms with Crippen molar-refractivity contribution in [2.24, 2.45) is 0 Å². The van der Waals surface area contributed by atoms with Crippen LogP contribution < -0.4 is 5.32 Å². The molecule has 1 fully saturated rings. The van der Waals surface area contributed by atoms with Crippen LogP contribution in [-0.4, -0.2) is 43.4 Å². The van der Waals surface area contributed by atoms with Gasteiger partial charge in [0.05, 0.1) is 12.8 Å². The number of nitrogens with one attached hydrogen (secondary N) is 1. The van der Waals surface area contributed by atoms with Crippen LogP contribution >= 0.6 is 0 Å². The molecule has 1 aromatic rings. The van der Waals surface area contributed by atoms with Gasteiger partial charge in [-0.15, -0.1) is 0 Å². The van der Waals surface area contributed by atoms with Gasteiger partial charge in [-0.25, -0.2) is 0 Å². The molecule has 0 bridgehead atoms. The molecule has 82 valence electrons. The highest BCUT2D eigenvalue weighted by molar-refractivity contribution is 5.94. The van der Waals surface area contributed by atoms with E-state index in [0.29, 0.717) is 18.3 Å². The number of ketones is 1. The van der Waals surface area contributed by atoms with E-state index in [9.17, 15) is 4.79 Å². The van der Waals surface area contributed by atoms with Crippen molar-refractivity contribution in [2.45, 2.75) is 12.5 Å². The predicted molar refractivity (Wildman–Crippen MR) is 56.9 cm³/mol. The lowest BCUT2D eigenvalue weighted by molar-refractivity contribution is 0.0897. The number of hydrogen-bond acceptors (Lipinski definition) is 4. The summed E-state index contributed by atoms with van der Waals surface area (Å²) in [7, 11) is 1.98. The maximum absolute atomic E-state index is 11.7. The van der Waals surface area contributed by atoms with Gasteiger partial charge in [0.1, 0.15) is 0 Å². The van der Waals surface area contributed by atoms with Gasteiger partial charge in [-0.2, -0.15) is 0 Å². The maximum Gasteiger partial charge on any atom is 0.211 e. The number of furan rings is 1. The first-order valence-corrected chi connectivity index (χ1v) is 5.25. The lowest BCUT2D eigenvalue weighted by Gasteiger charge is -2.21. The van der Waals surface area contributed by atoms with Crippen LogP contribution in [-0.2, 0) is 0 Å². The number of hydrogen-bond donors (Lipinski definition) is 1. The Morgan fingerprint density at radius 2 is 2.60 bits per heavy atom. The molecule has 0 aliphatic carbocycles. The topological polar surface area (TPSA) is 45.5 Å². The summed E-state index contributed by atoms with van der Waals surface area (Å²) in [6.07, 6.45) is 2.65. The molecule has 0 amide bonds. The van der Waals surface area contributed by atoms with Crippen molar-refractivity contribution in [3.8, 4) is 0 Å². The molecule has 4 nitrogen and oxygen atoms in total. The molecule has 1 unspecified atom stereocenters. The molecule has 1 saturated heterocycles. The molecule has 1 atom stereocenters. The molecule has 1 aliphatic heterocycles. The number of Topliss-reactive ketones (excluding diaryl/α,β-unsaturated/α-hetero) is 1. The lowest BCUT2D eigenvalue weighted by Crippen LogP contribution is -2.37. The Labute approximate surface area is 89.2 Å². The lowest BCUT2D eigenvalue weighted by atomic mass is 10.2. The SMILES string of the molecule is CN(CC(=O)c1ccco1)C1CCNC1. The number of carbonyl (C=O) groups is 1. The monoisotopic (exact) mass is 208 g/mol. The zero-order valence-corrected chi connectivity index (χ0v) is 8.90. The molecule has 15 heavy (non-hydrogen) atoms. The van der Waals surface area contributed by atoms with E-state index in [2.05, 4.69) is 10.2 Å². The summed E-state index contributed by atoms with van der Waals surface area (Å²) in [4.78, 5) is 13.8. The molecular formula is C11H16N2O2. The van der Waals surface area contributed by atoms with Gasteiger partial charge in [0, 0.05) is 12.6 Å². The minimum Gasteiger partial charge on any atom is -0.461 e. The third-order valence-corrected chi connectivity index (χ3v) is 2.85. The van der Waals surface area contributed by atoms with Gasteiger partial charge < -0.3 is 9.73 Å². The van der Waals surface area contributed by atoms with E-state index >= 15 is 0 Å². The third kappa shape index (κ3) is 2.46. The first-order valence-electron chi connectivity index (χ1n) is 5.25. The van der Waals surface area contributed by atoms with Crippen molar-refractivity contribution in [3.05, 3.63) is 24.2 Å². The molecule has 1 aliphatic rings. The molecular weight excluding hydrogens is 192 g/mol. The molecule has 0 saturated carbocycles. The quantitative estimate of drug-likeness (QED) is 0.742. The fraction of sp³-hybridized carbons (Fsp3) is 0.545. The fourth-order valence-corrected chi connectivity index (χ4v) is 1.89. The highest BCUT2D eigenvalue weighted by atomic mass is 16.3. The predicted octanol–water partition coefficient (Wildman–Crippen LogP) is 0.756. The van der Waals surface area contributed by atoms with Gasteiger partial charge >= 0.3 is 0 Å². The van der Waals surface area contributed by atoms with Gasteiger partial charge in [-0.05, 0) is 32.1 Å². The average Bonchev–Trinajstić information content (AvgIpc) is 2.91. The summed E-state index contributed by atoms with van der Waals surface area (Å²) in [6, 6.07) is 3.93. The summed E-state index contributed by atoms with van der Waals surface area (Å²) in [5.74, 6) is 0.502. The molecule has 0 aromatic carbocycles. The Hall–Kier alpha value is -1.13. The summed E-state index contributed by atoms with van der Waals surface area (Å²) in [5.41, 5.74) is 0. The van der Waals surface area contributed by atoms with Gasteiger partial charge in [0.15, 0.2) is 5.76 Å². The van der Waals surface area contributed by atoms with Crippen LogP contribution in [0.3, 0.4) is 0 Å². The molecule has 1 aromatic heterocycles. The van der Waals surface area contributed by atoms with E-state index in [1.165, 1.54) is 6.26 Å². The van der Waals surface area contributed by atoms with Gasteiger partial charge in [0.25, 0.3) is 0 Å². The van der Waals surface area contributed by atoms with E-state index in [4.69, 9.17) is 4.42 Å². The van der Waals surface area contributed by atoms with Crippen LogP contribution in [0.2, 0.25) is 0 Å². The molecule has 4 heteroatoms. The first kappa shape index (κ1) is 10.4. The zero-order chi connectivity index (χ0) is 10.7. The normalized spacial score (nSPS) is 21.1. The summed E-state index contributed by atoms with van der Waals surface area (Å²) >= 11 is 0. The second kappa shape index (κ2) is 4.59. The van der Waals surface area contributed by atoms with Crippen molar-refractivity contribution in [1.82, 2.24) is 10.2 Å². The van der Waals surface area contributed by atoms with Crippen molar-refractivity contribution in [3.63, 3.8) is 0 Å². The van der Waals surface area contributed by atoms with Crippen LogP contribution in [0.4, 0.5) is 0 Å². The Bertz CT molecular complexity index is 315. The van der Waals surface area contributed by atoms with Crippen LogP contribution in [0, 0.1) is 0 Å². The highest BCUT2D eigenvalue weighted by Crippen LogP contribution is 2.08. The molecule has 0 spiro atoms. The van der Waals surface area contributed by atoms with Crippen molar-refractivity contribution in [1.29, 1.82) is 0 Å². The molecule has 2 rings (SSSR count).